The van der Waals surface area contributed by atoms with E-state index in [1.54, 1.807) is 18.4 Å². The van der Waals surface area contributed by atoms with E-state index in [-0.39, 0.29) is 5.91 Å². The summed E-state index contributed by atoms with van der Waals surface area (Å²) in [5.41, 5.74) is 1.32. The zero-order valence-corrected chi connectivity index (χ0v) is 15.5. The zero-order chi connectivity index (χ0) is 17.9. The molecule has 3 aromatic rings. The Morgan fingerprint density at radius 2 is 2.00 bits per heavy atom. The molecule has 0 bridgehead atoms. The monoisotopic (exact) mass is 367 g/mol. The van der Waals surface area contributed by atoms with E-state index >= 15 is 0 Å². The van der Waals surface area contributed by atoms with Crippen molar-refractivity contribution in [2.24, 2.45) is 0 Å². The summed E-state index contributed by atoms with van der Waals surface area (Å²) in [6.07, 6.45) is 0. The highest BCUT2D eigenvalue weighted by Crippen LogP contribution is 2.20. The molecule has 0 aliphatic carbocycles. The first-order valence-corrected chi connectivity index (χ1v) is 9.60. The van der Waals surface area contributed by atoms with Crippen molar-refractivity contribution in [2.75, 3.05) is 33.3 Å². The second-order valence-electron chi connectivity index (χ2n) is 6.40. The zero-order valence-electron chi connectivity index (χ0n) is 14.7. The molecule has 6 heteroatoms. The first kappa shape index (κ1) is 17.0. The molecular weight excluding hydrogens is 346 g/mol. The normalized spacial score (nSPS) is 15.3. The van der Waals surface area contributed by atoms with Crippen LogP contribution in [-0.2, 0) is 6.54 Å². The average Bonchev–Trinajstić information content (AvgIpc) is 3.20. The van der Waals surface area contributed by atoms with Crippen LogP contribution in [0.15, 0.2) is 47.8 Å². The number of benzene rings is 1. The molecule has 5 nitrogen and oxygen atoms in total. The number of methoxy groups -OCH3 is 1. The highest BCUT2D eigenvalue weighted by atomic mass is 32.1. The van der Waals surface area contributed by atoms with Gasteiger partial charge in [-0.3, -0.25) is 9.69 Å². The minimum Gasteiger partial charge on any atom is -0.497 e. The van der Waals surface area contributed by atoms with E-state index in [0.29, 0.717) is 5.69 Å². The van der Waals surface area contributed by atoms with Crippen LogP contribution < -0.4 is 4.74 Å². The molecule has 0 spiro atoms. The fourth-order valence-corrected chi connectivity index (χ4v) is 3.99. The van der Waals surface area contributed by atoms with Gasteiger partial charge in [0.2, 0.25) is 0 Å². The van der Waals surface area contributed by atoms with Gasteiger partial charge in [-0.25, -0.2) is 4.98 Å². The number of amides is 1. The van der Waals surface area contributed by atoms with Crippen LogP contribution in [-0.4, -0.2) is 54.0 Å². The lowest BCUT2D eigenvalue weighted by atomic mass is 10.1. The molecule has 1 aliphatic heterocycles. The number of ether oxygens (including phenoxy) is 1. The predicted molar refractivity (Wildman–Crippen MR) is 104 cm³/mol. The SMILES string of the molecule is COc1ccc2nc(C(=O)N3CCN(Cc4cccs4)CC3)ccc2c1. The lowest BCUT2D eigenvalue weighted by Gasteiger charge is -2.34. The highest BCUT2D eigenvalue weighted by molar-refractivity contribution is 7.09. The maximum atomic E-state index is 12.8. The van der Waals surface area contributed by atoms with E-state index in [1.807, 2.05) is 35.2 Å². The van der Waals surface area contributed by atoms with Gasteiger partial charge in [0.1, 0.15) is 11.4 Å². The lowest BCUT2D eigenvalue weighted by molar-refractivity contribution is 0.0624. The molecule has 26 heavy (non-hydrogen) atoms. The molecule has 0 unspecified atom stereocenters. The molecule has 1 fully saturated rings. The minimum absolute atomic E-state index is 0.0125. The molecule has 1 saturated heterocycles. The third-order valence-corrected chi connectivity index (χ3v) is 5.60. The molecule has 0 atom stereocenters. The first-order chi connectivity index (χ1) is 12.7. The number of hydrogen-bond donors (Lipinski definition) is 0. The topological polar surface area (TPSA) is 45.7 Å². The van der Waals surface area contributed by atoms with E-state index in [4.69, 9.17) is 4.74 Å². The van der Waals surface area contributed by atoms with Crippen molar-refractivity contribution in [2.45, 2.75) is 6.54 Å². The van der Waals surface area contributed by atoms with Crippen molar-refractivity contribution >= 4 is 28.1 Å². The second-order valence-corrected chi connectivity index (χ2v) is 7.44. The number of carbonyl (C=O) groups is 1. The largest absolute Gasteiger partial charge is 0.497 e. The Morgan fingerprint density at radius 1 is 1.15 bits per heavy atom. The smallest absolute Gasteiger partial charge is 0.272 e. The number of nitrogens with zero attached hydrogens (tertiary/aromatic N) is 3. The van der Waals surface area contributed by atoms with Gasteiger partial charge in [0.05, 0.1) is 12.6 Å². The van der Waals surface area contributed by atoms with Crippen molar-refractivity contribution in [1.29, 1.82) is 0 Å². The molecule has 0 N–H and O–H groups in total. The molecule has 1 aliphatic rings. The number of fused-ring (bicyclic) bond motifs is 1. The van der Waals surface area contributed by atoms with E-state index < -0.39 is 0 Å². The Kier molecular flexibility index (Phi) is 4.86. The quantitative estimate of drug-likeness (QED) is 0.710. The molecule has 4 rings (SSSR count). The summed E-state index contributed by atoms with van der Waals surface area (Å²) >= 11 is 1.78. The molecule has 2 aromatic heterocycles. The number of piperazine rings is 1. The van der Waals surface area contributed by atoms with Gasteiger partial charge in [-0.2, -0.15) is 0 Å². The van der Waals surface area contributed by atoms with E-state index in [1.165, 1.54) is 4.88 Å². The molecule has 1 amide bonds. The summed E-state index contributed by atoms with van der Waals surface area (Å²) in [7, 11) is 1.64. The summed E-state index contributed by atoms with van der Waals surface area (Å²) < 4.78 is 5.24. The van der Waals surface area contributed by atoms with Gasteiger partial charge < -0.3 is 9.64 Å². The van der Waals surface area contributed by atoms with Crippen LogP contribution >= 0.6 is 11.3 Å². The van der Waals surface area contributed by atoms with Crippen LogP contribution in [0.2, 0.25) is 0 Å². The summed E-state index contributed by atoms with van der Waals surface area (Å²) in [6.45, 7) is 4.25. The number of thiophene rings is 1. The van der Waals surface area contributed by atoms with Gasteiger partial charge in [0.15, 0.2) is 0 Å². The summed E-state index contributed by atoms with van der Waals surface area (Å²) in [5.74, 6) is 0.804. The molecule has 0 saturated carbocycles. The van der Waals surface area contributed by atoms with Gasteiger partial charge in [-0.1, -0.05) is 12.1 Å². The van der Waals surface area contributed by atoms with Gasteiger partial charge in [0, 0.05) is 43.0 Å². The fourth-order valence-electron chi connectivity index (χ4n) is 3.24. The Morgan fingerprint density at radius 3 is 2.73 bits per heavy atom. The Hall–Kier alpha value is -2.44. The molecule has 134 valence electrons. The third kappa shape index (κ3) is 3.57. The Balaban J connectivity index is 1.42. The maximum Gasteiger partial charge on any atom is 0.272 e. The van der Waals surface area contributed by atoms with E-state index in [9.17, 15) is 4.79 Å². The van der Waals surface area contributed by atoms with Crippen molar-refractivity contribution < 1.29 is 9.53 Å². The molecule has 0 radical (unpaired) electrons. The van der Waals surface area contributed by atoms with E-state index in [0.717, 1.165) is 49.4 Å². The maximum absolute atomic E-state index is 12.8. The average molecular weight is 367 g/mol. The fraction of sp³-hybridized carbons (Fsp3) is 0.300. The third-order valence-electron chi connectivity index (χ3n) is 4.73. The van der Waals surface area contributed by atoms with Crippen molar-refractivity contribution in [3.8, 4) is 5.75 Å². The summed E-state index contributed by atoms with van der Waals surface area (Å²) in [5, 5.41) is 3.08. The number of rotatable bonds is 4. The van der Waals surface area contributed by atoms with Crippen molar-refractivity contribution in [3.05, 3.63) is 58.4 Å². The van der Waals surface area contributed by atoms with Crippen LogP contribution in [0.1, 0.15) is 15.4 Å². The Bertz CT molecular complexity index is 903. The van der Waals surface area contributed by atoms with Gasteiger partial charge in [-0.15, -0.1) is 11.3 Å². The van der Waals surface area contributed by atoms with Crippen LogP contribution in [0.25, 0.3) is 10.9 Å². The van der Waals surface area contributed by atoms with Crippen LogP contribution in [0.5, 0.6) is 5.75 Å². The van der Waals surface area contributed by atoms with Gasteiger partial charge >= 0.3 is 0 Å². The van der Waals surface area contributed by atoms with Gasteiger partial charge in [0.25, 0.3) is 5.91 Å². The highest BCUT2D eigenvalue weighted by Gasteiger charge is 2.23. The van der Waals surface area contributed by atoms with E-state index in [2.05, 4.69) is 27.4 Å². The molecule has 1 aromatic carbocycles. The number of carbonyl (C=O) groups excluding carboxylic acids is 1. The van der Waals surface area contributed by atoms with Crippen molar-refractivity contribution in [1.82, 2.24) is 14.8 Å². The number of hydrogen-bond acceptors (Lipinski definition) is 5. The predicted octanol–water partition coefficient (Wildman–Crippen LogP) is 3.26. The van der Waals surface area contributed by atoms with Crippen LogP contribution in [0.3, 0.4) is 0 Å². The second kappa shape index (κ2) is 7.43. The summed E-state index contributed by atoms with van der Waals surface area (Å²) in [6, 6.07) is 13.7. The number of pyridine rings is 1. The first-order valence-electron chi connectivity index (χ1n) is 8.72. The molecule has 3 heterocycles. The van der Waals surface area contributed by atoms with Crippen LogP contribution in [0, 0.1) is 0 Å². The summed E-state index contributed by atoms with van der Waals surface area (Å²) in [4.78, 5) is 23.0. The Labute approximate surface area is 156 Å². The standard InChI is InChI=1S/C20H21N3O2S/c1-25-16-5-7-18-15(13-16)4-6-19(21-18)20(24)23-10-8-22(9-11-23)14-17-3-2-12-26-17/h2-7,12-13H,8-11,14H2,1H3. The number of aromatic nitrogens is 1. The molecular formula is C20H21N3O2S. The van der Waals surface area contributed by atoms with Crippen molar-refractivity contribution in [3.63, 3.8) is 0 Å². The van der Waals surface area contributed by atoms with Crippen LogP contribution in [0.4, 0.5) is 0 Å². The van der Waals surface area contributed by atoms with Gasteiger partial charge in [-0.05, 0) is 35.7 Å². The minimum atomic E-state index is 0.0125. The lowest BCUT2D eigenvalue weighted by Crippen LogP contribution is -2.48.